The van der Waals surface area contributed by atoms with Crippen molar-refractivity contribution >= 4 is 51.5 Å². The number of rotatable bonds is 5. The van der Waals surface area contributed by atoms with E-state index in [0.29, 0.717) is 16.5 Å². The molecule has 0 aliphatic heterocycles. The van der Waals surface area contributed by atoms with E-state index in [2.05, 4.69) is 33.2 Å². The molecule has 0 unspecified atom stereocenters. The molecule has 0 atom stereocenters. The van der Waals surface area contributed by atoms with Crippen molar-refractivity contribution in [3.63, 3.8) is 0 Å². The lowest BCUT2D eigenvalue weighted by Crippen LogP contribution is -2.22. The van der Waals surface area contributed by atoms with Crippen molar-refractivity contribution in [3.8, 4) is 5.75 Å². The van der Waals surface area contributed by atoms with Gasteiger partial charge >= 0.3 is 0 Å². The van der Waals surface area contributed by atoms with Crippen molar-refractivity contribution in [2.45, 2.75) is 0 Å². The van der Waals surface area contributed by atoms with Gasteiger partial charge < -0.3 is 15.4 Å². The van der Waals surface area contributed by atoms with E-state index >= 15 is 0 Å². The van der Waals surface area contributed by atoms with Crippen molar-refractivity contribution in [3.05, 3.63) is 51.1 Å². The van der Waals surface area contributed by atoms with Crippen LogP contribution in [0.1, 0.15) is 0 Å². The number of methoxy groups -OCH3 is 1. The number of carbonyl (C=O) groups excluding carboxylic acids is 1. The molecular formula is C15H14ClIN2O2. The van der Waals surface area contributed by atoms with Crippen molar-refractivity contribution in [1.82, 2.24) is 0 Å². The summed E-state index contributed by atoms with van der Waals surface area (Å²) in [4.78, 5) is 12.0. The van der Waals surface area contributed by atoms with E-state index in [9.17, 15) is 4.79 Å². The molecule has 0 saturated heterocycles. The number of para-hydroxylation sites is 2. The van der Waals surface area contributed by atoms with E-state index in [1.54, 1.807) is 25.3 Å². The summed E-state index contributed by atoms with van der Waals surface area (Å²) in [5.74, 6) is 0.483. The average molecular weight is 417 g/mol. The number of anilines is 2. The number of carbonyl (C=O) groups is 1. The molecule has 0 saturated carbocycles. The van der Waals surface area contributed by atoms with E-state index in [4.69, 9.17) is 16.3 Å². The summed E-state index contributed by atoms with van der Waals surface area (Å²) in [5, 5.41) is 6.56. The maximum atomic E-state index is 12.0. The van der Waals surface area contributed by atoms with Crippen LogP contribution >= 0.6 is 34.2 Å². The largest absolute Gasteiger partial charge is 0.495 e. The zero-order valence-corrected chi connectivity index (χ0v) is 14.2. The molecule has 2 rings (SSSR count). The Kier molecular flexibility index (Phi) is 5.69. The summed E-state index contributed by atoms with van der Waals surface area (Å²) >= 11 is 8.06. The third-order valence-corrected chi connectivity index (χ3v) is 3.88. The van der Waals surface area contributed by atoms with Gasteiger partial charge in [0.05, 0.1) is 19.3 Å². The lowest BCUT2D eigenvalue weighted by Gasteiger charge is -2.11. The van der Waals surface area contributed by atoms with Gasteiger partial charge in [-0.05, 0) is 52.9 Å². The molecular weight excluding hydrogens is 403 g/mol. The monoisotopic (exact) mass is 416 g/mol. The number of halogens is 2. The van der Waals surface area contributed by atoms with E-state index in [0.717, 1.165) is 9.26 Å². The van der Waals surface area contributed by atoms with Gasteiger partial charge in [-0.1, -0.05) is 23.7 Å². The Balaban J connectivity index is 1.96. The first-order valence-electron chi connectivity index (χ1n) is 6.22. The maximum Gasteiger partial charge on any atom is 0.243 e. The zero-order chi connectivity index (χ0) is 15.2. The Labute approximate surface area is 142 Å². The van der Waals surface area contributed by atoms with Gasteiger partial charge in [0.2, 0.25) is 5.91 Å². The quantitative estimate of drug-likeness (QED) is 0.724. The number of hydrogen-bond donors (Lipinski definition) is 2. The fraction of sp³-hybridized carbons (Fsp3) is 0.133. The van der Waals surface area contributed by atoms with E-state index in [-0.39, 0.29) is 12.5 Å². The summed E-state index contributed by atoms with van der Waals surface area (Å²) in [5.41, 5.74) is 1.52. The highest BCUT2D eigenvalue weighted by atomic mass is 127. The van der Waals surface area contributed by atoms with Crippen molar-refractivity contribution < 1.29 is 9.53 Å². The third kappa shape index (κ3) is 4.50. The summed E-state index contributed by atoms with van der Waals surface area (Å²) in [7, 11) is 1.57. The van der Waals surface area contributed by atoms with Crippen LogP contribution in [0.2, 0.25) is 5.02 Å². The second-order valence-corrected chi connectivity index (χ2v) is 5.82. The first-order chi connectivity index (χ1) is 10.1. The molecule has 6 heteroatoms. The van der Waals surface area contributed by atoms with Gasteiger partial charge in [-0.2, -0.15) is 0 Å². The minimum atomic E-state index is -0.148. The van der Waals surface area contributed by atoms with Crippen LogP contribution in [0.15, 0.2) is 42.5 Å². The maximum absolute atomic E-state index is 12.0. The van der Waals surface area contributed by atoms with E-state index < -0.39 is 0 Å². The van der Waals surface area contributed by atoms with Gasteiger partial charge in [0.1, 0.15) is 5.75 Å². The molecule has 0 fully saturated rings. The number of nitrogens with one attached hydrogen (secondary N) is 2. The van der Waals surface area contributed by atoms with Crippen LogP contribution in [-0.2, 0) is 4.79 Å². The smallest absolute Gasteiger partial charge is 0.243 e. The third-order valence-electron chi connectivity index (χ3n) is 2.75. The molecule has 0 aliphatic carbocycles. The minimum Gasteiger partial charge on any atom is -0.495 e. The van der Waals surface area contributed by atoms with E-state index in [1.807, 2.05) is 24.3 Å². The van der Waals surface area contributed by atoms with Crippen LogP contribution in [0.5, 0.6) is 5.75 Å². The molecule has 4 nitrogen and oxygen atoms in total. The predicted octanol–water partition coefficient (Wildman–Crippen LogP) is 4.00. The van der Waals surface area contributed by atoms with Crippen LogP contribution in [0.3, 0.4) is 0 Å². The van der Waals surface area contributed by atoms with Crippen LogP contribution in [0.25, 0.3) is 0 Å². The highest BCUT2D eigenvalue weighted by Gasteiger charge is 2.07. The Morgan fingerprint density at radius 1 is 1.24 bits per heavy atom. The molecule has 0 aliphatic rings. The first-order valence-corrected chi connectivity index (χ1v) is 7.67. The first kappa shape index (κ1) is 15.9. The van der Waals surface area contributed by atoms with E-state index in [1.165, 1.54) is 0 Å². The van der Waals surface area contributed by atoms with Gasteiger partial charge in [-0.25, -0.2) is 0 Å². The van der Waals surface area contributed by atoms with Crippen LogP contribution in [0, 0.1) is 3.57 Å². The summed E-state index contributed by atoms with van der Waals surface area (Å²) in [6.45, 7) is 0.162. The van der Waals surface area contributed by atoms with Gasteiger partial charge in [-0.15, -0.1) is 0 Å². The fourth-order valence-corrected chi connectivity index (χ4v) is 2.81. The standard InChI is InChI=1S/C15H14ClIN2O2/c1-21-14-5-3-2-4-13(14)19-15(20)9-18-12-7-6-10(16)8-11(12)17/h2-8,18H,9H2,1H3,(H,19,20). The normalized spacial score (nSPS) is 10.0. The summed E-state index contributed by atoms with van der Waals surface area (Å²) < 4.78 is 6.15. The van der Waals surface area contributed by atoms with Gasteiger partial charge in [0.15, 0.2) is 0 Å². The predicted molar refractivity (Wildman–Crippen MR) is 94.3 cm³/mol. The summed E-state index contributed by atoms with van der Waals surface area (Å²) in [6.07, 6.45) is 0. The minimum absolute atomic E-state index is 0.148. The molecule has 0 bridgehead atoms. The Morgan fingerprint density at radius 3 is 2.71 bits per heavy atom. The number of ether oxygens (including phenoxy) is 1. The zero-order valence-electron chi connectivity index (χ0n) is 11.3. The second kappa shape index (κ2) is 7.51. The SMILES string of the molecule is COc1ccccc1NC(=O)CNc1ccc(Cl)cc1I. The Bertz CT molecular complexity index is 649. The van der Waals surface area contributed by atoms with Gasteiger partial charge in [0.25, 0.3) is 0 Å². The topological polar surface area (TPSA) is 50.4 Å². The van der Waals surface area contributed by atoms with Gasteiger partial charge in [0, 0.05) is 14.3 Å². The lowest BCUT2D eigenvalue weighted by atomic mass is 10.3. The van der Waals surface area contributed by atoms with Crippen LogP contribution in [-0.4, -0.2) is 19.6 Å². The molecule has 0 aromatic heterocycles. The molecule has 0 spiro atoms. The number of benzene rings is 2. The Morgan fingerprint density at radius 2 is 2.00 bits per heavy atom. The van der Waals surface area contributed by atoms with Gasteiger partial charge in [-0.3, -0.25) is 4.79 Å². The molecule has 0 heterocycles. The molecule has 0 radical (unpaired) electrons. The fourth-order valence-electron chi connectivity index (χ4n) is 1.75. The number of hydrogen-bond acceptors (Lipinski definition) is 3. The van der Waals surface area contributed by atoms with Crippen molar-refractivity contribution in [1.29, 1.82) is 0 Å². The molecule has 1 amide bonds. The number of amides is 1. The molecule has 2 aromatic carbocycles. The second-order valence-electron chi connectivity index (χ2n) is 4.23. The molecule has 2 aromatic rings. The van der Waals surface area contributed by atoms with Crippen LogP contribution in [0.4, 0.5) is 11.4 Å². The molecule has 110 valence electrons. The molecule has 2 N–H and O–H groups in total. The van der Waals surface area contributed by atoms with Crippen molar-refractivity contribution in [2.24, 2.45) is 0 Å². The lowest BCUT2D eigenvalue weighted by molar-refractivity contribution is -0.114. The van der Waals surface area contributed by atoms with Crippen LogP contribution < -0.4 is 15.4 Å². The Hall–Kier alpha value is -1.47. The van der Waals surface area contributed by atoms with Crippen molar-refractivity contribution in [2.75, 3.05) is 24.3 Å². The molecule has 21 heavy (non-hydrogen) atoms. The highest BCUT2D eigenvalue weighted by molar-refractivity contribution is 14.1. The average Bonchev–Trinajstić information content (AvgIpc) is 2.47. The highest BCUT2D eigenvalue weighted by Crippen LogP contribution is 2.24. The summed E-state index contributed by atoms with van der Waals surface area (Å²) in [6, 6.07) is 12.7.